The van der Waals surface area contributed by atoms with E-state index in [1.165, 1.54) is 18.9 Å². The van der Waals surface area contributed by atoms with Crippen LogP contribution in [0.5, 0.6) is 11.5 Å². The van der Waals surface area contributed by atoms with Gasteiger partial charge in [0.05, 0.1) is 0 Å². The fraction of sp³-hybridized carbons (Fsp3) is 0.538. The SMILES string of the molecule is CN(CCNCc1cccc(O)c1O)C1CC1. The highest BCUT2D eigenvalue weighted by molar-refractivity contribution is 5.44. The van der Waals surface area contributed by atoms with E-state index in [0.717, 1.165) is 24.7 Å². The van der Waals surface area contributed by atoms with Gasteiger partial charge < -0.3 is 20.4 Å². The Morgan fingerprint density at radius 1 is 1.35 bits per heavy atom. The van der Waals surface area contributed by atoms with Crippen molar-refractivity contribution in [3.63, 3.8) is 0 Å². The Balaban J connectivity index is 1.72. The summed E-state index contributed by atoms with van der Waals surface area (Å²) in [6, 6.07) is 5.82. The fourth-order valence-electron chi connectivity index (χ4n) is 1.90. The summed E-state index contributed by atoms with van der Waals surface area (Å²) in [4.78, 5) is 2.36. The van der Waals surface area contributed by atoms with Crippen LogP contribution in [0.4, 0.5) is 0 Å². The van der Waals surface area contributed by atoms with Crippen molar-refractivity contribution < 1.29 is 10.2 Å². The van der Waals surface area contributed by atoms with E-state index in [-0.39, 0.29) is 11.5 Å². The van der Waals surface area contributed by atoms with Crippen molar-refractivity contribution in [3.8, 4) is 11.5 Å². The molecule has 4 nitrogen and oxygen atoms in total. The van der Waals surface area contributed by atoms with Crippen LogP contribution in [0.1, 0.15) is 18.4 Å². The second kappa shape index (κ2) is 5.38. The maximum Gasteiger partial charge on any atom is 0.161 e. The van der Waals surface area contributed by atoms with Crippen molar-refractivity contribution in [1.29, 1.82) is 0 Å². The van der Waals surface area contributed by atoms with Crippen LogP contribution >= 0.6 is 0 Å². The second-order valence-electron chi connectivity index (χ2n) is 4.67. The quantitative estimate of drug-likeness (QED) is 0.514. The molecular weight excluding hydrogens is 216 g/mol. The summed E-state index contributed by atoms with van der Waals surface area (Å²) < 4.78 is 0. The molecule has 4 heteroatoms. The van der Waals surface area contributed by atoms with Gasteiger partial charge in [-0.3, -0.25) is 0 Å². The summed E-state index contributed by atoms with van der Waals surface area (Å²) in [6.07, 6.45) is 2.65. The number of benzene rings is 1. The van der Waals surface area contributed by atoms with Gasteiger partial charge in [0.2, 0.25) is 0 Å². The first-order valence-electron chi connectivity index (χ1n) is 6.09. The molecule has 2 rings (SSSR count). The van der Waals surface area contributed by atoms with Crippen LogP contribution in [0.3, 0.4) is 0 Å². The summed E-state index contributed by atoms with van der Waals surface area (Å²) in [5.41, 5.74) is 0.735. The number of aromatic hydroxyl groups is 2. The molecular formula is C13H20N2O2. The van der Waals surface area contributed by atoms with Crippen LogP contribution < -0.4 is 5.32 Å². The zero-order valence-electron chi connectivity index (χ0n) is 10.2. The highest BCUT2D eigenvalue weighted by Gasteiger charge is 2.25. The minimum Gasteiger partial charge on any atom is -0.504 e. The first kappa shape index (κ1) is 12.2. The number of nitrogens with zero attached hydrogens (tertiary/aromatic N) is 1. The molecule has 0 bridgehead atoms. The van der Waals surface area contributed by atoms with Gasteiger partial charge in [-0.2, -0.15) is 0 Å². The van der Waals surface area contributed by atoms with Crippen LogP contribution in [0.15, 0.2) is 18.2 Å². The third-order valence-corrected chi connectivity index (χ3v) is 3.23. The Kier molecular flexibility index (Phi) is 3.86. The van der Waals surface area contributed by atoms with Gasteiger partial charge in [0.25, 0.3) is 0 Å². The zero-order chi connectivity index (χ0) is 12.3. The van der Waals surface area contributed by atoms with E-state index in [4.69, 9.17) is 0 Å². The van der Waals surface area contributed by atoms with Gasteiger partial charge in [-0.15, -0.1) is 0 Å². The van der Waals surface area contributed by atoms with E-state index in [1.807, 2.05) is 6.07 Å². The summed E-state index contributed by atoms with van der Waals surface area (Å²) in [5.74, 6) is -0.0741. The molecule has 0 heterocycles. The van der Waals surface area contributed by atoms with Crippen LogP contribution in [-0.2, 0) is 6.54 Å². The van der Waals surface area contributed by atoms with Crippen LogP contribution in [0.2, 0.25) is 0 Å². The summed E-state index contributed by atoms with van der Waals surface area (Å²) in [6.45, 7) is 2.49. The Bertz CT molecular complexity index is 378. The lowest BCUT2D eigenvalue weighted by Crippen LogP contribution is -2.30. The van der Waals surface area contributed by atoms with Gasteiger partial charge in [-0.25, -0.2) is 0 Å². The molecule has 3 N–H and O–H groups in total. The van der Waals surface area contributed by atoms with Crippen molar-refractivity contribution in [3.05, 3.63) is 23.8 Å². The van der Waals surface area contributed by atoms with Gasteiger partial charge >= 0.3 is 0 Å². The first-order chi connectivity index (χ1) is 8.18. The monoisotopic (exact) mass is 236 g/mol. The number of nitrogens with one attached hydrogen (secondary N) is 1. The van der Waals surface area contributed by atoms with Crippen molar-refractivity contribution in [2.45, 2.75) is 25.4 Å². The largest absolute Gasteiger partial charge is 0.504 e. The summed E-state index contributed by atoms with van der Waals surface area (Å²) in [5, 5.41) is 22.2. The molecule has 0 saturated heterocycles. The molecule has 94 valence electrons. The molecule has 0 amide bonds. The smallest absolute Gasteiger partial charge is 0.161 e. The highest BCUT2D eigenvalue weighted by atomic mass is 16.3. The minimum atomic E-state index is -0.0561. The predicted molar refractivity (Wildman–Crippen MR) is 67.1 cm³/mol. The average molecular weight is 236 g/mol. The number of hydrogen-bond acceptors (Lipinski definition) is 4. The maximum atomic E-state index is 9.60. The maximum absolute atomic E-state index is 9.60. The minimum absolute atomic E-state index is 0.0180. The first-order valence-corrected chi connectivity index (χ1v) is 6.09. The molecule has 1 aromatic rings. The van der Waals surface area contributed by atoms with E-state index in [1.54, 1.807) is 6.07 Å². The topological polar surface area (TPSA) is 55.7 Å². The molecule has 1 aliphatic rings. The lowest BCUT2D eigenvalue weighted by Gasteiger charge is -2.16. The van der Waals surface area contributed by atoms with Crippen molar-refractivity contribution in [2.75, 3.05) is 20.1 Å². The number of phenolic OH excluding ortho intramolecular Hbond substituents is 2. The number of likely N-dealkylation sites (N-methyl/N-ethyl adjacent to an activating group) is 1. The fourth-order valence-corrected chi connectivity index (χ4v) is 1.90. The van der Waals surface area contributed by atoms with Crippen molar-refractivity contribution in [2.24, 2.45) is 0 Å². The van der Waals surface area contributed by atoms with E-state index in [9.17, 15) is 10.2 Å². The third-order valence-electron chi connectivity index (χ3n) is 3.23. The molecule has 0 unspecified atom stereocenters. The molecule has 0 spiro atoms. The van der Waals surface area contributed by atoms with Crippen LogP contribution in [0, 0.1) is 0 Å². The lowest BCUT2D eigenvalue weighted by atomic mass is 10.2. The van der Waals surface area contributed by atoms with Gasteiger partial charge in [-0.05, 0) is 26.0 Å². The summed E-state index contributed by atoms with van der Waals surface area (Å²) >= 11 is 0. The van der Waals surface area contributed by atoms with Crippen molar-refractivity contribution in [1.82, 2.24) is 10.2 Å². The second-order valence-corrected chi connectivity index (χ2v) is 4.67. The summed E-state index contributed by atoms with van der Waals surface area (Å²) in [7, 11) is 2.14. The number of phenols is 2. The zero-order valence-corrected chi connectivity index (χ0v) is 10.2. The lowest BCUT2D eigenvalue weighted by molar-refractivity contribution is 0.321. The van der Waals surface area contributed by atoms with Gasteiger partial charge in [-0.1, -0.05) is 12.1 Å². The molecule has 17 heavy (non-hydrogen) atoms. The Hall–Kier alpha value is -1.26. The third kappa shape index (κ3) is 3.35. The molecule has 1 fully saturated rings. The highest BCUT2D eigenvalue weighted by Crippen LogP contribution is 2.28. The molecule has 0 atom stereocenters. The molecule has 0 radical (unpaired) electrons. The predicted octanol–water partition coefficient (Wildman–Crippen LogP) is 1.28. The van der Waals surface area contributed by atoms with E-state index in [0.29, 0.717) is 6.54 Å². The Morgan fingerprint density at radius 2 is 2.12 bits per heavy atom. The Labute approximate surface area is 102 Å². The number of hydrogen-bond donors (Lipinski definition) is 3. The van der Waals surface area contributed by atoms with E-state index < -0.39 is 0 Å². The normalized spacial score (nSPS) is 15.4. The number of rotatable bonds is 6. The van der Waals surface area contributed by atoms with E-state index >= 15 is 0 Å². The molecule has 1 aliphatic carbocycles. The molecule has 1 saturated carbocycles. The number of para-hydroxylation sites is 1. The Morgan fingerprint density at radius 3 is 2.82 bits per heavy atom. The molecule has 0 aliphatic heterocycles. The average Bonchev–Trinajstić information content (AvgIpc) is 3.13. The molecule has 0 aromatic heterocycles. The standard InChI is InChI=1S/C13H20N2O2/c1-15(11-5-6-11)8-7-14-9-10-3-2-4-12(16)13(10)17/h2-4,11,14,16-17H,5-9H2,1H3. The van der Waals surface area contributed by atoms with E-state index in [2.05, 4.69) is 17.3 Å². The van der Waals surface area contributed by atoms with Gasteiger partial charge in [0.15, 0.2) is 11.5 Å². The van der Waals surface area contributed by atoms with Crippen LogP contribution in [-0.4, -0.2) is 41.3 Å². The van der Waals surface area contributed by atoms with Crippen LogP contribution in [0.25, 0.3) is 0 Å². The van der Waals surface area contributed by atoms with Gasteiger partial charge in [0.1, 0.15) is 0 Å². The van der Waals surface area contributed by atoms with Gasteiger partial charge in [0, 0.05) is 31.2 Å². The molecule has 1 aromatic carbocycles. The van der Waals surface area contributed by atoms with Crippen molar-refractivity contribution >= 4 is 0 Å².